The molecule has 4 aliphatic carbocycles. The molecule has 7 nitrogen and oxygen atoms in total. The van der Waals surface area contributed by atoms with Crippen LogP contribution in [0.25, 0.3) is 0 Å². The number of allylic oxidation sites excluding steroid dienone is 1. The summed E-state index contributed by atoms with van der Waals surface area (Å²) < 4.78 is 18.0. The summed E-state index contributed by atoms with van der Waals surface area (Å²) in [7, 11) is 0. The minimum absolute atomic E-state index is 0.138. The third-order valence-electron chi connectivity index (χ3n) is 16.9. The van der Waals surface area contributed by atoms with E-state index in [1.54, 1.807) is 0 Å². The van der Waals surface area contributed by atoms with Crippen molar-refractivity contribution in [1.29, 1.82) is 0 Å². The summed E-state index contributed by atoms with van der Waals surface area (Å²) in [6, 6.07) is 0. The van der Waals surface area contributed by atoms with E-state index in [0.717, 1.165) is 80.5 Å². The highest BCUT2D eigenvalue weighted by molar-refractivity contribution is 5.69. The normalized spacial score (nSPS) is 37.6. The zero-order chi connectivity index (χ0) is 41.2. The molecule has 330 valence electrons. The Morgan fingerprint density at radius 1 is 0.789 bits per heavy atom. The van der Waals surface area contributed by atoms with Gasteiger partial charge in [-0.2, -0.15) is 0 Å². The number of carbonyl (C=O) groups is 1. The lowest BCUT2D eigenvalue weighted by Gasteiger charge is -2.58. The zero-order valence-electron chi connectivity index (χ0n) is 37.7. The molecule has 0 aromatic rings. The maximum Gasteiger partial charge on any atom is 0.305 e. The molecule has 5 aliphatic rings. The second kappa shape index (κ2) is 22.2. The van der Waals surface area contributed by atoms with E-state index in [1.165, 1.54) is 108 Å². The summed E-state index contributed by atoms with van der Waals surface area (Å²) in [6.45, 7) is 17.0. The summed E-state index contributed by atoms with van der Waals surface area (Å²) in [6.07, 6.45) is 24.8. The van der Waals surface area contributed by atoms with Gasteiger partial charge in [0.15, 0.2) is 6.29 Å². The molecule has 3 N–H and O–H groups in total. The van der Waals surface area contributed by atoms with Crippen molar-refractivity contribution in [3.05, 3.63) is 11.6 Å². The predicted molar refractivity (Wildman–Crippen MR) is 230 cm³/mol. The number of rotatable bonds is 23. The minimum atomic E-state index is -1.44. The lowest BCUT2D eigenvalue weighted by Crippen LogP contribution is -2.60. The van der Waals surface area contributed by atoms with Gasteiger partial charge in [-0.25, -0.2) is 0 Å². The van der Waals surface area contributed by atoms with Crippen molar-refractivity contribution >= 4 is 5.97 Å². The van der Waals surface area contributed by atoms with Crippen LogP contribution < -0.4 is 0 Å². The molecule has 57 heavy (non-hydrogen) atoms. The van der Waals surface area contributed by atoms with Gasteiger partial charge < -0.3 is 29.5 Å². The second-order valence-electron chi connectivity index (χ2n) is 21.0. The first-order valence-corrected chi connectivity index (χ1v) is 24.5. The fourth-order valence-electron chi connectivity index (χ4n) is 12.7. The van der Waals surface area contributed by atoms with Crippen LogP contribution in [0.3, 0.4) is 0 Å². The molecule has 0 aromatic heterocycles. The number of aliphatic hydroxyl groups excluding tert-OH is 3. The molecular weight excluding hydrogens is 713 g/mol. The minimum Gasteiger partial charge on any atom is -0.463 e. The largest absolute Gasteiger partial charge is 0.463 e. The van der Waals surface area contributed by atoms with Crippen LogP contribution >= 0.6 is 0 Å². The number of ether oxygens (including phenoxy) is 3. The Bertz CT molecular complexity index is 1230. The lowest BCUT2D eigenvalue weighted by molar-refractivity contribution is -0.313. The number of fused-ring (bicyclic) bond motifs is 5. The highest BCUT2D eigenvalue weighted by atomic mass is 16.7. The zero-order valence-corrected chi connectivity index (χ0v) is 37.7. The van der Waals surface area contributed by atoms with E-state index >= 15 is 0 Å². The van der Waals surface area contributed by atoms with Crippen molar-refractivity contribution in [2.24, 2.45) is 52.3 Å². The summed E-state index contributed by atoms with van der Waals surface area (Å²) in [4.78, 5) is 12.6. The maximum atomic E-state index is 12.6. The van der Waals surface area contributed by atoms with Crippen molar-refractivity contribution in [3.8, 4) is 0 Å². The first kappa shape index (κ1) is 47.1. The number of carbonyl (C=O) groups excluding carboxylic acids is 1. The molecule has 14 atom stereocenters. The summed E-state index contributed by atoms with van der Waals surface area (Å²) in [5, 5.41) is 32.5. The van der Waals surface area contributed by atoms with Crippen LogP contribution in [0.2, 0.25) is 0 Å². The van der Waals surface area contributed by atoms with Gasteiger partial charge in [-0.3, -0.25) is 4.79 Å². The van der Waals surface area contributed by atoms with Gasteiger partial charge >= 0.3 is 5.97 Å². The van der Waals surface area contributed by atoms with Gasteiger partial charge in [0.05, 0.1) is 6.10 Å². The maximum absolute atomic E-state index is 12.6. The Balaban J connectivity index is 1.04. The number of aliphatic hydroxyl groups is 3. The van der Waals surface area contributed by atoms with Crippen molar-refractivity contribution in [2.45, 2.75) is 239 Å². The molecule has 0 amide bonds. The predicted octanol–water partition coefficient (Wildman–Crippen LogP) is 11.5. The van der Waals surface area contributed by atoms with Crippen molar-refractivity contribution in [3.63, 3.8) is 0 Å². The molecule has 1 aliphatic heterocycles. The lowest BCUT2D eigenvalue weighted by atomic mass is 9.47. The Morgan fingerprint density at radius 2 is 1.44 bits per heavy atom. The standard InChI is InChI=1S/C50H88O7/c1-8-9-10-11-12-13-14-15-16-17-18-19-20-21-44(51)55-33-43-45(52)46(53)47(54)48(57-43)56-38-28-30-49(6)37(32-38)24-25-39-41-27-26-40(50(41,7)31-29-42(39)49)36(5)23-22-35(4)34(2)3/h24,34-36,38-43,45-48,52-54H,8-23,25-33H2,1-7H3/t35-,36-,38+,39+,40-,41+,42+,43-,45-,46+,47-,48-,49+,50-/m1/s1. The van der Waals surface area contributed by atoms with Crippen LogP contribution in [0.1, 0.15) is 203 Å². The summed E-state index contributed by atoms with van der Waals surface area (Å²) in [5.74, 6) is 5.17. The molecule has 0 bridgehead atoms. The van der Waals surface area contributed by atoms with Gasteiger partial charge in [0.2, 0.25) is 0 Å². The number of esters is 1. The Kier molecular flexibility index (Phi) is 18.3. The van der Waals surface area contributed by atoms with Gasteiger partial charge in [0.1, 0.15) is 31.0 Å². The molecule has 0 aromatic carbocycles. The van der Waals surface area contributed by atoms with Crippen LogP contribution in [-0.2, 0) is 19.0 Å². The molecule has 0 unspecified atom stereocenters. The van der Waals surface area contributed by atoms with E-state index in [-0.39, 0.29) is 24.1 Å². The summed E-state index contributed by atoms with van der Waals surface area (Å²) in [5.41, 5.74) is 2.13. The first-order chi connectivity index (χ1) is 27.3. The van der Waals surface area contributed by atoms with Crippen LogP contribution in [0.5, 0.6) is 0 Å². The molecule has 3 saturated carbocycles. The van der Waals surface area contributed by atoms with Crippen molar-refractivity contribution < 1.29 is 34.3 Å². The van der Waals surface area contributed by atoms with E-state index in [9.17, 15) is 20.1 Å². The molecule has 1 saturated heterocycles. The topological polar surface area (TPSA) is 105 Å². The average Bonchev–Trinajstić information content (AvgIpc) is 3.55. The van der Waals surface area contributed by atoms with E-state index in [1.807, 2.05) is 0 Å². The van der Waals surface area contributed by atoms with Crippen LogP contribution in [0.15, 0.2) is 11.6 Å². The molecule has 0 spiro atoms. The number of hydrogen-bond donors (Lipinski definition) is 3. The van der Waals surface area contributed by atoms with E-state index in [0.29, 0.717) is 17.8 Å². The molecule has 1 heterocycles. The number of hydrogen-bond acceptors (Lipinski definition) is 7. The van der Waals surface area contributed by atoms with Gasteiger partial charge in [-0.15, -0.1) is 0 Å². The fraction of sp³-hybridized carbons (Fsp3) is 0.940. The molecular formula is C50H88O7. The van der Waals surface area contributed by atoms with E-state index < -0.39 is 30.7 Å². The van der Waals surface area contributed by atoms with Gasteiger partial charge in [-0.1, -0.05) is 150 Å². The van der Waals surface area contributed by atoms with Crippen molar-refractivity contribution in [2.75, 3.05) is 6.61 Å². The monoisotopic (exact) mass is 801 g/mol. The van der Waals surface area contributed by atoms with Gasteiger partial charge in [0.25, 0.3) is 0 Å². The van der Waals surface area contributed by atoms with Crippen molar-refractivity contribution in [1.82, 2.24) is 0 Å². The highest BCUT2D eigenvalue weighted by Gasteiger charge is 2.59. The second-order valence-corrected chi connectivity index (χ2v) is 21.0. The first-order valence-electron chi connectivity index (χ1n) is 24.5. The Labute approximate surface area is 349 Å². The summed E-state index contributed by atoms with van der Waals surface area (Å²) >= 11 is 0. The van der Waals surface area contributed by atoms with E-state index in [4.69, 9.17) is 14.2 Å². The van der Waals surface area contributed by atoms with E-state index in [2.05, 4.69) is 54.5 Å². The van der Waals surface area contributed by atoms with Gasteiger partial charge in [-0.05, 0) is 110 Å². The van der Waals surface area contributed by atoms with Crippen LogP contribution in [0.4, 0.5) is 0 Å². The average molecular weight is 801 g/mol. The highest BCUT2D eigenvalue weighted by Crippen LogP contribution is 2.67. The van der Waals surface area contributed by atoms with Gasteiger partial charge in [0, 0.05) is 6.42 Å². The third kappa shape index (κ3) is 11.9. The van der Waals surface area contributed by atoms with Crippen LogP contribution in [-0.4, -0.2) is 64.7 Å². The quantitative estimate of drug-likeness (QED) is 0.0537. The smallest absolute Gasteiger partial charge is 0.305 e. The Morgan fingerprint density at radius 3 is 2.09 bits per heavy atom. The SMILES string of the molecule is CCCCCCCCCCCCCCCC(=O)OC[C@H]1O[C@@H](O[C@H]2CC[C@@]3(C)C(=CC[C@H]4[C@@H]5CC[C@H]([C@H](C)CC[C@@H](C)C(C)C)[C@@]5(C)CC[C@@H]43)C2)[C@H](O)[C@@H](O)[C@@H]1O. The molecule has 4 fully saturated rings. The molecule has 5 rings (SSSR count). The molecule has 7 heteroatoms. The molecule has 0 radical (unpaired) electrons. The Hall–Kier alpha value is -0.990. The third-order valence-corrected chi connectivity index (χ3v) is 16.9. The number of unbranched alkanes of at least 4 members (excludes halogenated alkanes) is 12. The van der Waals surface area contributed by atoms with Crippen LogP contribution in [0, 0.1) is 52.3 Å². The fourth-order valence-corrected chi connectivity index (χ4v) is 12.7.